The third kappa shape index (κ3) is 4.08. The zero-order valence-electron chi connectivity index (χ0n) is 12.8. The van der Waals surface area contributed by atoms with Crippen LogP contribution in [-0.4, -0.2) is 25.0 Å². The molecule has 1 atom stereocenters. The first-order valence-electron chi connectivity index (χ1n) is 7.39. The Kier molecular flexibility index (Phi) is 5.39. The van der Waals surface area contributed by atoms with Crippen LogP contribution in [0.25, 0.3) is 5.76 Å². The lowest BCUT2D eigenvalue weighted by atomic mass is 10.0. The predicted octanol–water partition coefficient (Wildman–Crippen LogP) is 3.52. The van der Waals surface area contributed by atoms with Gasteiger partial charge in [0.05, 0.1) is 11.7 Å². The van der Waals surface area contributed by atoms with E-state index in [1.54, 1.807) is 0 Å². The molecule has 1 aromatic carbocycles. The summed E-state index contributed by atoms with van der Waals surface area (Å²) in [6.07, 6.45) is 0.806. The Bertz CT molecular complexity index is 505. The molecule has 0 fully saturated rings. The summed E-state index contributed by atoms with van der Waals surface area (Å²) in [5.74, 6) is 0.268. The molecular formula is C17H22O4. The summed E-state index contributed by atoms with van der Waals surface area (Å²) in [6, 6.07) is 9.61. The van der Waals surface area contributed by atoms with Gasteiger partial charge in [0.25, 0.3) is 0 Å². The van der Waals surface area contributed by atoms with E-state index in [1.807, 2.05) is 51.1 Å². The third-order valence-corrected chi connectivity index (χ3v) is 3.13. The van der Waals surface area contributed by atoms with Crippen LogP contribution in [0, 0.1) is 0 Å². The van der Waals surface area contributed by atoms with Crippen LogP contribution in [0.1, 0.15) is 39.2 Å². The van der Waals surface area contributed by atoms with Gasteiger partial charge in [-0.15, -0.1) is 0 Å². The fraction of sp³-hybridized carbons (Fsp3) is 0.471. The molecule has 21 heavy (non-hydrogen) atoms. The highest BCUT2D eigenvalue weighted by Gasteiger charge is 2.28. The number of rotatable bonds is 5. The molecule has 0 amide bonds. The third-order valence-electron chi connectivity index (χ3n) is 3.13. The summed E-state index contributed by atoms with van der Waals surface area (Å²) < 4.78 is 16.7. The van der Waals surface area contributed by atoms with E-state index in [0.29, 0.717) is 30.8 Å². The van der Waals surface area contributed by atoms with Gasteiger partial charge in [0.1, 0.15) is 5.76 Å². The summed E-state index contributed by atoms with van der Waals surface area (Å²) in [6.45, 7) is 6.19. The van der Waals surface area contributed by atoms with Crippen molar-refractivity contribution in [3.05, 3.63) is 41.5 Å². The molecule has 2 rings (SSSR count). The van der Waals surface area contributed by atoms with Gasteiger partial charge in [0.2, 0.25) is 0 Å². The summed E-state index contributed by atoms with van der Waals surface area (Å²) in [7, 11) is 0. The van der Waals surface area contributed by atoms with Crippen LogP contribution in [-0.2, 0) is 19.0 Å². The Hall–Kier alpha value is -1.81. The van der Waals surface area contributed by atoms with Crippen LogP contribution in [0.5, 0.6) is 0 Å². The molecule has 0 saturated heterocycles. The lowest BCUT2D eigenvalue weighted by molar-refractivity contribution is -0.144. The van der Waals surface area contributed by atoms with Crippen molar-refractivity contribution in [1.82, 2.24) is 0 Å². The van der Waals surface area contributed by atoms with Gasteiger partial charge in [-0.3, -0.25) is 0 Å². The van der Waals surface area contributed by atoms with Gasteiger partial charge in [-0.2, -0.15) is 0 Å². The minimum absolute atomic E-state index is 0.147. The molecule has 0 bridgehead atoms. The number of ether oxygens (including phenoxy) is 3. The average Bonchev–Trinajstić information content (AvgIpc) is 2.47. The van der Waals surface area contributed by atoms with E-state index >= 15 is 0 Å². The Morgan fingerprint density at radius 3 is 2.67 bits per heavy atom. The van der Waals surface area contributed by atoms with Gasteiger partial charge in [0.15, 0.2) is 6.29 Å². The van der Waals surface area contributed by atoms with Gasteiger partial charge >= 0.3 is 5.97 Å². The average molecular weight is 290 g/mol. The minimum Gasteiger partial charge on any atom is -0.464 e. The number of benzene rings is 1. The standard InChI is InChI=1S/C17H22O4/c1-4-19-15-11-10-14(17(18)20-12(2)3)16(21-15)13-8-6-5-7-9-13/h5-9,12,15H,4,10-11H2,1-3H3. The van der Waals surface area contributed by atoms with Gasteiger partial charge in [0, 0.05) is 18.6 Å². The lowest BCUT2D eigenvalue weighted by Gasteiger charge is -2.28. The van der Waals surface area contributed by atoms with Crippen molar-refractivity contribution >= 4 is 11.7 Å². The molecule has 4 heteroatoms. The number of esters is 1. The van der Waals surface area contributed by atoms with E-state index in [-0.39, 0.29) is 18.4 Å². The molecular weight excluding hydrogens is 268 g/mol. The maximum Gasteiger partial charge on any atom is 0.338 e. The lowest BCUT2D eigenvalue weighted by Crippen LogP contribution is -2.25. The van der Waals surface area contributed by atoms with Crippen molar-refractivity contribution in [2.75, 3.05) is 6.61 Å². The molecule has 0 spiro atoms. The molecule has 0 aromatic heterocycles. The second-order valence-corrected chi connectivity index (χ2v) is 5.17. The van der Waals surface area contributed by atoms with Gasteiger partial charge in [-0.05, 0) is 27.2 Å². The zero-order chi connectivity index (χ0) is 15.2. The van der Waals surface area contributed by atoms with Crippen molar-refractivity contribution in [2.45, 2.75) is 46.0 Å². The number of hydrogen-bond acceptors (Lipinski definition) is 4. The number of carbonyl (C=O) groups excluding carboxylic acids is 1. The van der Waals surface area contributed by atoms with E-state index in [1.165, 1.54) is 0 Å². The van der Waals surface area contributed by atoms with Crippen molar-refractivity contribution < 1.29 is 19.0 Å². The van der Waals surface area contributed by atoms with E-state index in [2.05, 4.69) is 0 Å². The van der Waals surface area contributed by atoms with E-state index < -0.39 is 0 Å². The van der Waals surface area contributed by atoms with Crippen molar-refractivity contribution in [3.63, 3.8) is 0 Å². The van der Waals surface area contributed by atoms with Crippen LogP contribution >= 0.6 is 0 Å². The smallest absolute Gasteiger partial charge is 0.338 e. The van der Waals surface area contributed by atoms with Crippen molar-refractivity contribution in [3.8, 4) is 0 Å². The maximum absolute atomic E-state index is 12.3. The highest BCUT2D eigenvalue weighted by Crippen LogP contribution is 2.32. The van der Waals surface area contributed by atoms with Crippen molar-refractivity contribution in [2.24, 2.45) is 0 Å². The predicted molar refractivity (Wildman–Crippen MR) is 80.3 cm³/mol. The Morgan fingerprint density at radius 2 is 2.05 bits per heavy atom. The summed E-state index contributed by atoms with van der Waals surface area (Å²) in [5.41, 5.74) is 1.46. The molecule has 1 aliphatic rings. The number of hydrogen-bond donors (Lipinski definition) is 0. The molecule has 114 valence electrons. The second-order valence-electron chi connectivity index (χ2n) is 5.17. The van der Waals surface area contributed by atoms with Gasteiger partial charge < -0.3 is 14.2 Å². The molecule has 0 aliphatic carbocycles. The minimum atomic E-state index is -0.307. The SMILES string of the molecule is CCOC1CCC(C(=O)OC(C)C)=C(c2ccccc2)O1. The van der Waals surface area contributed by atoms with Crippen molar-refractivity contribution in [1.29, 1.82) is 0 Å². The topological polar surface area (TPSA) is 44.8 Å². The van der Waals surface area contributed by atoms with Gasteiger partial charge in [-0.25, -0.2) is 4.79 Å². The van der Waals surface area contributed by atoms with Crippen LogP contribution in [0.15, 0.2) is 35.9 Å². The number of carbonyl (C=O) groups is 1. The monoisotopic (exact) mass is 290 g/mol. The molecule has 0 N–H and O–H groups in total. The molecule has 0 saturated carbocycles. The Balaban J connectivity index is 2.31. The molecule has 1 aromatic rings. The van der Waals surface area contributed by atoms with Gasteiger partial charge in [-0.1, -0.05) is 30.3 Å². The fourth-order valence-electron chi connectivity index (χ4n) is 2.25. The molecule has 1 heterocycles. The van der Waals surface area contributed by atoms with E-state index in [9.17, 15) is 4.79 Å². The molecule has 1 aliphatic heterocycles. The van der Waals surface area contributed by atoms with E-state index in [0.717, 1.165) is 5.56 Å². The summed E-state index contributed by atoms with van der Waals surface area (Å²) >= 11 is 0. The summed E-state index contributed by atoms with van der Waals surface area (Å²) in [4.78, 5) is 12.3. The first-order chi connectivity index (χ1) is 10.1. The fourth-order valence-corrected chi connectivity index (χ4v) is 2.25. The van der Waals surface area contributed by atoms with E-state index in [4.69, 9.17) is 14.2 Å². The molecule has 1 unspecified atom stereocenters. The van der Waals surface area contributed by atoms with Crippen LogP contribution < -0.4 is 0 Å². The van der Waals surface area contributed by atoms with Crippen LogP contribution in [0.3, 0.4) is 0 Å². The van der Waals surface area contributed by atoms with Crippen LogP contribution in [0.2, 0.25) is 0 Å². The maximum atomic E-state index is 12.3. The molecule has 0 radical (unpaired) electrons. The first-order valence-corrected chi connectivity index (χ1v) is 7.39. The van der Waals surface area contributed by atoms with Crippen LogP contribution in [0.4, 0.5) is 0 Å². The quantitative estimate of drug-likeness (QED) is 0.778. The molecule has 4 nitrogen and oxygen atoms in total. The highest BCUT2D eigenvalue weighted by molar-refractivity contribution is 5.96. The Labute approximate surface area is 125 Å². The largest absolute Gasteiger partial charge is 0.464 e. The highest BCUT2D eigenvalue weighted by atomic mass is 16.7. The zero-order valence-corrected chi connectivity index (χ0v) is 12.8. The Morgan fingerprint density at radius 1 is 1.33 bits per heavy atom. The second kappa shape index (κ2) is 7.27. The summed E-state index contributed by atoms with van der Waals surface area (Å²) in [5, 5.41) is 0. The normalized spacial score (nSPS) is 18.6. The first kappa shape index (κ1) is 15.6.